The minimum atomic E-state index is -0.397. The summed E-state index contributed by atoms with van der Waals surface area (Å²) in [5, 5.41) is 5.52. The van der Waals surface area contributed by atoms with Crippen molar-refractivity contribution in [3.8, 4) is 0 Å². The molecular weight excluding hydrogens is 210 g/mol. The first-order valence-electron chi connectivity index (χ1n) is 5.45. The van der Waals surface area contributed by atoms with Crippen LogP contribution in [0.5, 0.6) is 0 Å². The maximum atomic E-state index is 11.6. The van der Waals surface area contributed by atoms with Crippen molar-refractivity contribution >= 4 is 17.7 Å². The van der Waals surface area contributed by atoms with Crippen LogP contribution in [0, 0.1) is 0 Å². The largest absolute Gasteiger partial charge is 0.352 e. The van der Waals surface area contributed by atoms with Crippen LogP contribution in [0.25, 0.3) is 0 Å². The summed E-state index contributed by atoms with van der Waals surface area (Å²) in [5.41, 5.74) is 0. The van der Waals surface area contributed by atoms with Gasteiger partial charge in [-0.1, -0.05) is 0 Å². The van der Waals surface area contributed by atoms with E-state index in [9.17, 15) is 14.4 Å². The Labute approximate surface area is 93.4 Å². The molecule has 88 valence electrons. The zero-order chi connectivity index (χ0) is 11.7. The van der Waals surface area contributed by atoms with E-state index in [0.717, 1.165) is 17.7 Å². The maximum Gasteiger partial charge on any atom is 0.246 e. The van der Waals surface area contributed by atoms with Crippen molar-refractivity contribution in [2.75, 3.05) is 13.1 Å². The van der Waals surface area contributed by atoms with E-state index >= 15 is 0 Å². The first-order valence-corrected chi connectivity index (χ1v) is 5.45. The van der Waals surface area contributed by atoms with Crippen LogP contribution in [0.3, 0.4) is 0 Å². The molecule has 6 nitrogen and oxygen atoms in total. The third kappa shape index (κ3) is 2.38. The number of hydrogen-bond acceptors (Lipinski definition) is 4. The standard InChI is InChI=1S/C10H15N3O3/c1-6-10(16)13(9(15)4-11-6)5-8(14)12-7-2-3-7/h6-7,11H,2-5H2,1H3,(H,12,14). The van der Waals surface area contributed by atoms with Crippen LogP contribution in [0.2, 0.25) is 0 Å². The Kier molecular flexibility index (Phi) is 2.91. The number of hydrogen-bond donors (Lipinski definition) is 2. The van der Waals surface area contributed by atoms with Crippen molar-refractivity contribution in [2.24, 2.45) is 0 Å². The highest BCUT2D eigenvalue weighted by atomic mass is 16.2. The average molecular weight is 225 g/mol. The third-order valence-corrected chi connectivity index (χ3v) is 2.74. The molecule has 1 aliphatic carbocycles. The Bertz CT molecular complexity index is 338. The van der Waals surface area contributed by atoms with Crippen LogP contribution in [0.15, 0.2) is 0 Å². The molecular formula is C10H15N3O3. The van der Waals surface area contributed by atoms with Gasteiger partial charge in [-0.05, 0) is 19.8 Å². The third-order valence-electron chi connectivity index (χ3n) is 2.74. The molecule has 0 spiro atoms. The molecule has 1 heterocycles. The average Bonchev–Trinajstić information content (AvgIpc) is 3.02. The van der Waals surface area contributed by atoms with Crippen LogP contribution >= 0.6 is 0 Å². The lowest BCUT2D eigenvalue weighted by molar-refractivity contribution is -0.151. The van der Waals surface area contributed by atoms with E-state index in [0.29, 0.717) is 0 Å². The molecule has 1 saturated carbocycles. The molecule has 0 aromatic rings. The minimum absolute atomic E-state index is 0.115. The number of carbonyl (C=O) groups excluding carboxylic acids is 3. The molecule has 0 bridgehead atoms. The molecule has 1 atom stereocenters. The number of imide groups is 1. The molecule has 2 aliphatic rings. The Hall–Kier alpha value is -1.43. The van der Waals surface area contributed by atoms with Gasteiger partial charge >= 0.3 is 0 Å². The smallest absolute Gasteiger partial charge is 0.246 e. The van der Waals surface area contributed by atoms with Crippen LogP contribution in [-0.4, -0.2) is 47.8 Å². The van der Waals surface area contributed by atoms with Gasteiger partial charge in [-0.2, -0.15) is 0 Å². The summed E-state index contributed by atoms with van der Waals surface area (Å²) < 4.78 is 0. The molecule has 1 saturated heterocycles. The minimum Gasteiger partial charge on any atom is -0.352 e. The molecule has 2 fully saturated rings. The number of nitrogens with one attached hydrogen (secondary N) is 2. The summed E-state index contributed by atoms with van der Waals surface area (Å²) in [6, 6.07) is -0.149. The second-order valence-electron chi connectivity index (χ2n) is 4.26. The fourth-order valence-corrected chi connectivity index (χ4v) is 1.59. The summed E-state index contributed by atoms with van der Waals surface area (Å²) in [6.45, 7) is 1.64. The van der Waals surface area contributed by atoms with Crippen molar-refractivity contribution in [1.82, 2.24) is 15.5 Å². The number of rotatable bonds is 3. The lowest BCUT2D eigenvalue weighted by Crippen LogP contribution is -2.59. The molecule has 2 N–H and O–H groups in total. The van der Waals surface area contributed by atoms with E-state index < -0.39 is 6.04 Å². The van der Waals surface area contributed by atoms with E-state index in [-0.39, 0.29) is 36.9 Å². The second kappa shape index (κ2) is 4.21. The van der Waals surface area contributed by atoms with E-state index in [1.165, 1.54) is 0 Å². The molecule has 2 rings (SSSR count). The number of piperazine rings is 1. The van der Waals surface area contributed by atoms with Gasteiger partial charge in [0.2, 0.25) is 17.7 Å². The molecule has 1 aliphatic heterocycles. The highest BCUT2D eigenvalue weighted by molar-refractivity contribution is 6.03. The van der Waals surface area contributed by atoms with Gasteiger partial charge in [0.05, 0.1) is 12.6 Å². The Morgan fingerprint density at radius 2 is 2.19 bits per heavy atom. The van der Waals surface area contributed by atoms with Crippen LogP contribution in [0.1, 0.15) is 19.8 Å². The predicted octanol–water partition coefficient (Wildman–Crippen LogP) is -1.39. The first-order chi connectivity index (χ1) is 7.58. The van der Waals surface area contributed by atoms with Crippen molar-refractivity contribution in [2.45, 2.75) is 31.8 Å². The number of carbonyl (C=O) groups is 3. The first kappa shape index (κ1) is 11.1. The highest BCUT2D eigenvalue weighted by Crippen LogP contribution is 2.18. The van der Waals surface area contributed by atoms with Gasteiger partial charge in [-0.25, -0.2) is 0 Å². The SMILES string of the molecule is CC1NCC(=O)N(CC(=O)NC2CC2)C1=O. The van der Waals surface area contributed by atoms with Gasteiger partial charge in [-0.3, -0.25) is 24.6 Å². The van der Waals surface area contributed by atoms with Gasteiger partial charge in [0.25, 0.3) is 0 Å². The van der Waals surface area contributed by atoms with E-state index in [4.69, 9.17) is 0 Å². The summed E-state index contributed by atoms with van der Waals surface area (Å²) in [7, 11) is 0. The van der Waals surface area contributed by atoms with Crippen molar-refractivity contribution < 1.29 is 14.4 Å². The van der Waals surface area contributed by atoms with Gasteiger partial charge in [0.1, 0.15) is 6.54 Å². The fourth-order valence-electron chi connectivity index (χ4n) is 1.59. The second-order valence-corrected chi connectivity index (χ2v) is 4.26. The predicted molar refractivity (Wildman–Crippen MR) is 55.3 cm³/mol. The van der Waals surface area contributed by atoms with Crippen molar-refractivity contribution in [3.63, 3.8) is 0 Å². The molecule has 0 aromatic carbocycles. The monoisotopic (exact) mass is 225 g/mol. The Morgan fingerprint density at radius 1 is 1.50 bits per heavy atom. The molecule has 16 heavy (non-hydrogen) atoms. The highest BCUT2D eigenvalue weighted by Gasteiger charge is 2.33. The molecule has 3 amide bonds. The number of amides is 3. The Balaban J connectivity index is 1.92. The van der Waals surface area contributed by atoms with Crippen LogP contribution in [0.4, 0.5) is 0 Å². The van der Waals surface area contributed by atoms with Gasteiger partial charge < -0.3 is 5.32 Å². The lowest BCUT2D eigenvalue weighted by Gasteiger charge is -2.29. The summed E-state index contributed by atoms with van der Waals surface area (Å²) >= 11 is 0. The quantitative estimate of drug-likeness (QED) is 0.580. The topological polar surface area (TPSA) is 78.5 Å². The van der Waals surface area contributed by atoms with Crippen LogP contribution < -0.4 is 10.6 Å². The molecule has 0 radical (unpaired) electrons. The van der Waals surface area contributed by atoms with E-state index in [1.807, 2.05) is 0 Å². The van der Waals surface area contributed by atoms with Gasteiger partial charge in [0, 0.05) is 6.04 Å². The summed E-state index contributed by atoms with van der Waals surface area (Å²) in [4.78, 5) is 35.6. The zero-order valence-corrected chi connectivity index (χ0v) is 9.16. The lowest BCUT2D eigenvalue weighted by atomic mass is 10.2. The zero-order valence-electron chi connectivity index (χ0n) is 9.16. The van der Waals surface area contributed by atoms with Gasteiger partial charge in [0.15, 0.2) is 0 Å². The maximum absolute atomic E-state index is 11.6. The summed E-state index contributed by atoms with van der Waals surface area (Å²) in [5.74, 6) is -0.922. The Morgan fingerprint density at radius 3 is 2.81 bits per heavy atom. The molecule has 0 aromatic heterocycles. The van der Waals surface area contributed by atoms with Crippen molar-refractivity contribution in [1.29, 1.82) is 0 Å². The molecule has 1 unspecified atom stereocenters. The van der Waals surface area contributed by atoms with Gasteiger partial charge in [-0.15, -0.1) is 0 Å². The van der Waals surface area contributed by atoms with Crippen molar-refractivity contribution in [3.05, 3.63) is 0 Å². The number of nitrogens with zero attached hydrogens (tertiary/aromatic N) is 1. The van der Waals surface area contributed by atoms with E-state index in [1.54, 1.807) is 6.92 Å². The van der Waals surface area contributed by atoms with Crippen LogP contribution in [-0.2, 0) is 14.4 Å². The fraction of sp³-hybridized carbons (Fsp3) is 0.700. The van der Waals surface area contributed by atoms with E-state index in [2.05, 4.69) is 10.6 Å². The normalized spacial score (nSPS) is 25.8. The molecule has 6 heteroatoms. The summed E-state index contributed by atoms with van der Waals surface area (Å²) in [6.07, 6.45) is 1.98.